The van der Waals surface area contributed by atoms with Crippen LogP contribution in [0.2, 0.25) is 0 Å². The van der Waals surface area contributed by atoms with E-state index in [1.54, 1.807) is 0 Å². The highest BCUT2D eigenvalue weighted by atomic mass is 16.5. The van der Waals surface area contributed by atoms with Crippen molar-refractivity contribution < 1.29 is 4.74 Å². The SMILES string of the molecule is CN=C(NCCc1cc2ccccc2[nH]1)N1CC2OCCN(Cc3ccccc3)C2C1. The summed E-state index contributed by atoms with van der Waals surface area (Å²) in [7, 11) is 1.87. The predicted octanol–water partition coefficient (Wildman–Crippen LogP) is 2.87. The summed E-state index contributed by atoms with van der Waals surface area (Å²) >= 11 is 0. The van der Waals surface area contributed by atoms with Crippen molar-refractivity contribution in [2.75, 3.05) is 39.8 Å². The Morgan fingerprint density at radius 1 is 1.13 bits per heavy atom. The number of fused-ring (bicyclic) bond motifs is 2. The predicted molar refractivity (Wildman–Crippen MR) is 125 cm³/mol. The molecule has 2 saturated heterocycles. The molecular formula is C25H31N5O. The number of likely N-dealkylation sites (tertiary alicyclic amines) is 1. The summed E-state index contributed by atoms with van der Waals surface area (Å²) < 4.78 is 6.13. The smallest absolute Gasteiger partial charge is 0.193 e. The molecule has 0 bridgehead atoms. The Kier molecular flexibility index (Phi) is 5.91. The molecule has 2 aromatic carbocycles. The lowest BCUT2D eigenvalue weighted by Crippen LogP contribution is -2.50. The van der Waals surface area contributed by atoms with E-state index < -0.39 is 0 Å². The summed E-state index contributed by atoms with van der Waals surface area (Å²) in [4.78, 5) is 13.0. The molecule has 3 heterocycles. The van der Waals surface area contributed by atoms with Gasteiger partial charge in [0, 0.05) is 57.4 Å². The zero-order valence-electron chi connectivity index (χ0n) is 18.1. The minimum atomic E-state index is 0.240. The van der Waals surface area contributed by atoms with Gasteiger partial charge in [0.15, 0.2) is 5.96 Å². The standard InChI is InChI=1S/C25H31N5O/c1-26-25(27-12-11-21-15-20-9-5-6-10-22(20)28-21)30-17-23-24(18-30)31-14-13-29(23)16-19-7-3-2-4-8-19/h2-10,15,23-24,28H,11-14,16-18H2,1H3,(H,26,27). The average molecular weight is 418 g/mol. The fourth-order valence-corrected chi connectivity index (χ4v) is 4.85. The number of aliphatic imine (C=N–C) groups is 1. The Bertz CT molecular complexity index is 998. The summed E-state index contributed by atoms with van der Waals surface area (Å²) in [5.41, 5.74) is 3.81. The maximum atomic E-state index is 6.13. The zero-order valence-corrected chi connectivity index (χ0v) is 18.1. The molecule has 0 spiro atoms. The highest BCUT2D eigenvalue weighted by molar-refractivity contribution is 5.81. The van der Waals surface area contributed by atoms with Gasteiger partial charge in [0.25, 0.3) is 0 Å². The number of nitrogens with zero attached hydrogens (tertiary/aromatic N) is 3. The van der Waals surface area contributed by atoms with Crippen molar-refractivity contribution in [3.63, 3.8) is 0 Å². The van der Waals surface area contributed by atoms with E-state index >= 15 is 0 Å². The quantitative estimate of drug-likeness (QED) is 0.495. The van der Waals surface area contributed by atoms with Gasteiger partial charge < -0.3 is 19.9 Å². The van der Waals surface area contributed by atoms with Crippen LogP contribution in [0, 0.1) is 0 Å². The van der Waals surface area contributed by atoms with E-state index in [2.05, 4.69) is 85.8 Å². The third kappa shape index (κ3) is 4.45. The molecular weight excluding hydrogens is 386 g/mol. The number of guanidine groups is 1. The molecule has 5 rings (SSSR count). The molecule has 31 heavy (non-hydrogen) atoms. The largest absolute Gasteiger partial charge is 0.373 e. The number of aromatic amines is 1. The molecule has 2 unspecified atom stereocenters. The lowest BCUT2D eigenvalue weighted by Gasteiger charge is -2.36. The van der Waals surface area contributed by atoms with E-state index in [-0.39, 0.29) is 6.10 Å². The fraction of sp³-hybridized carbons (Fsp3) is 0.400. The Labute approximate surface area is 183 Å². The maximum Gasteiger partial charge on any atom is 0.193 e. The first-order chi connectivity index (χ1) is 15.3. The molecule has 6 heteroatoms. The molecule has 0 amide bonds. The molecule has 0 aliphatic carbocycles. The molecule has 2 N–H and O–H groups in total. The highest BCUT2D eigenvalue weighted by Gasteiger charge is 2.41. The van der Waals surface area contributed by atoms with Crippen molar-refractivity contribution in [2.24, 2.45) is 4.99 Å². The van der Waals surface area contributed by atoms with Crippen LogP contribution in [0.5, 0.6) is 0 Å². The highest BCUT2D eigenvalue weighted by Crippen LogP contribution is 2.24. The Hall–Kier alpha value is -2.83. The van der Waals surface area contributed by atoms with Gasteiger partial charge in [-0.05, 0) is 23.1 Å². The van der Waals surface area contributed by atoms with Crippen LogP contribution in [0.15, 0.2) is 65.7 Å². The first-order valence-electron chi connectivity index (χ1n) is 11.2. The summed E-state index contributed by atoms with van der Waals surface area (Å²) in [6.45, 7) is 5.45. The zero-order chi connectivity index (χ0) is 21.0. The molecule has 2 aliphatic rings. The van der Waals surface area contributed by atoms with E-state index in [1.165, 1.54) is 22.2 Å². The number of aromatic nitrogens is 1. The molecule has 162 valence electrons. The third-order valence-corrected chi connectivity index (χ3v) is 6.42. The first-order valence-corrected chi connectivity index (χ1v) is 11.2. The number of hydrogen-bond acceptors (Lipinski definition) is 3. The maximum absolute atomic E-state index is 6.13. The molecule has 0 radical (unpaired) electrons. The average Bonchev–Trinajstić information content (AvgIpc) is 3.42. The van der Waals surface area contributed by atoms with Gasteiger partial charge in [-0.25, -0.2) is 0 Å². The van der Waals surface area contributed by atoms with Gasteiger partial charge in [0.05, 0.1) is 18.8 Å². The van der Waals surface area contributed by atoms with Crippen molar-refractivity contribution in [3.8, 4) is 0 Å². The number of ether oxygens (including phenoxy) is 1. The topological polar surface area (TPSA) is 55.9 Å². The van der Waals surface area contributed by atoms with Gasteiger partial charge in [0.1, 0.15) is 0 Å². The van der Waals surface area contributed by atoms with Crippen molar-refractivity contribution >= 4 is 16.9 Å². The Morgan fingerprint density at radius 3 is 2.81 bits per heavy atom. The second-order valence-corrected chi connectivity index (χ2v) is 8.44. The van der Waals surface area contributed by atoms with Crippen molar-refractivity contribution in [3.05, 3.63) is 71.9 Å². The van der Waals surface area contributed by atoms with Crippen LogP contribution >= 0.6 is 0 Å². The lowest BCUT2D eigenvalue weighted by atomic mass is 10.1. The van der Waals surface area contributed by atoms with Crippen molar-refractivity contribution in [1.29, 1.82) is 0 Å². The molecule has 1 aromatic heterocycles. The van der Waals surface area contributed by atoms with Gasteiger partial charge in [-0.15, -0.1) is 0 Å². The van der Waals surface area contributed by atoms with Gasteiger partial charge >= 0.3 is 0 Å². The summed E-state index contributed by atoms with van der Waals surface area (Å²) in [6, 6.07) is 21.8. The summed E-state index contributed by atoms with van der Waals surface area (Å²) in [6.07, 6.45) is 1.18. The number of morpholine rings is 1. The molecule has 2 atom stereocenters. The van der Waals surface area contributed by atoms with Crippen LogP contribution in [0.4, 0.5) is 0 Å². The first kappa shape index (κ1) is 20.1. The van der Waals surface area contributed by atoms with Crippen LogP contribution in [-0.2, 0) is 17.7 Å². The van der Waals surface area contributed by atoms with Gasteiger partial charge in [-0.1, -0.05) is 48.5 Å². The minimum Gasteiger partial charge on any atom is -0.373 e. The van der Waals surface area contributed by atoms with Crippen LogP contribution in [0.25, 0.3) is 10.9 Å². The van der Waals surface area contributed by atoms with Gasteiger partial charge in [-0.3, -0.25) is 9.89 Å². The summed E-state index contributed by atoms with van der Waals surface area (Å²) in [5.74, 6) is 0.966. The van der Waals surface area contributed by atoms with Gasteiger partial charge in [0.2, 0.25) is 0 Å². The molecule has 3 aromatic rings. The monoisotopic (exact) mass is 417 g/mol. The van der Waals surface area contributed by atoms with Crippen LogP contribution in [0.1, 0.15) is 11.3 Å². The van der Waals surface area contributed by atoms with Crippen molar-refractivity contribution in [2.45, 2.75) is 25.1 Å². The lowest BCUT2D eigenvalue weighted by molar-refractivity contribution is -0.0502. The van der Waals surface area contributed by atoms with Crippen molar-refractivity contribution in [1.82, 2.24) is 20.1 Å². The fourth-order valence-electron chi connectivity index (χ4n) is 4.85. The number of benzene rings is 2. The normalized spacial score (nSPS) is 22.1. The molecule has 6 nitrogen and oxygen atoms in total. The minimum absolute atomic E-state index is 0.240. The number of hydrogen-bond donors (Lipinski definition) is 2. The Balaban J connectivity index is 1.18. The van der Waals surface area contributed by atoms with E-state index in [1.807, 2.05) is 7.05 Å². The Morgan fingerprint density at radius 2 is 1.97 bits per heavy atom. The number of para-hydroxylation sites is 1. The van der Waals surface area contributed by atoms with Gasteiger partial charge in [-0.2, -0.15) is 0 Å². The van der Waals surface area contributed by atoms with E-state index in [0.29, 0.717) is 6.04 Å². The van der Waals surface area contributed by atoms with E-state index in [0.717, 1.165) is 51.7 Å². The van der Waals surface area contributed by atoms with Crippen LogP contribution < -0.4 is 5.32 Å². The third-order valence-electron chi connectivity index (χ3n) is 6.42. The number of rotatable bonds is 5. The molecule has 0 saturated carbocycles. The van der Waals surface area contributed by atoms with Crippen LogP contribution in [-0.4, -0.2) is 72.7 Å². The van der Waals surface area contributed by atoms with Crippen LogP contribution in [0.3, 0.4) is 0 Å². The van der Waals surface area contributed by atoms with E-state index in [4.69, 9.17) is 4.74 Å². The summed E-state index contributed by atoms with van der Waals surface area (Å²) in [5, 5.41) is 4.83. The second kappa shape index (κ2) is 9.12. The second-order valence-electron chi connectivity index (χ2n) is 8.44. The number of H-pyrrole nitrogens is 1. The molecule has 2 fully saturated rings. The molecule has 2 aliphatic heterocycles. The van der Waals surface area contributed by atoms with E-state index in [9.17, 15) is 0 Å². The number of nitrogens with one attached hydrogen (secondary N) is 2.